The lowest BCUT2D eigenvalue weighted by Gasteiger charge is -2.35. The molecule has 0 amide bonds. The lowest BCUT2D eigenvalue weighted by molar-refractivity contribution is 0.206. The van der Waals surface area contributed by atoms with Gasteiger partial charge in [0.05, 0.1) is 6.20 Å². The number of hydrogen-bond acceptors (Lipinski definition) is 3. The number of nitrogens with one attached hydrogen (secondary N) is 1. The van der Waals surface area contributed by atoms with Crippen molar-refractivity contribution < 1.29 is 4.39 Å². The summed E-state index contributed by atoms with van der Waals surface area (Å²) in [6.45, 7) is 4.43. The van der Waals surface area contributed by atoms with Gasteiger partial charge in [0.2, 0.25) is 0 Å². The largest absolute Gasteiger partial charge is 0.367 e. The standard InChI is InChI=1S/C12H18FN3/c1-9-8-16(2)6-5-11(9)15-12-4-3-10(13)7-14-12/h3-4,7,9,11H,5-6,8H2,1-2H3,(H,14,15). The summed E-state index contributed by atoms with van der Waals surface area (Å²) < 4.78 is 12.7. The molecule has 2 unspecified atom stereocenters. The molecule has 0 bridgehead atoms. The van der Waals surface area contributed by atoms with Crippen LogP contribution in [0.4, 0.5) is 10.2 Å². The summed E-state index contributed by atoms with van der Waals surface area (Å²) in [5.74, 6) is 1.07. The van der Waals surface area contributed by atoms with Crippen LogP contribution in [-0.2, 0) is 0 Å². The Morgan fingerprint density at radius 2 is 2.31 bits per heavy atom. The fraction of sp³-hybridized carbons (Fsp3) is 0.583. The van der Waals surface area contributed by atoms with Crippen molar-refractivity contribution >= 4 is 5.82 Å². The Morgan fingerprint density at radius 3 is 2.94 bits per heavy atom. The smallest absolute Gasteiger partial charge is 0.141 e. The summed E-state index contributed by atoms with van der Waals surface area (Å²) in [5, 5.41) is 3.37. The summed E-state index contributed by atoms with van der Waals surface area (Å²) in [4.78, 5) is 6.36. The van der Waals surface area contributed by atoms with Gasteiger partial charge < -0.3 is 10.2 Å². The Balaban J connectivity index is 1.96. The normalized spacial score (nSPS) is 26.7. The quantitative estimate of drug-likeness (QED) is 0.831. The van der Waals surface area contributed by atoms with Crippen LogP contribution in [0.5, 0.6) is 0 Å². The SMILES string of the molecule is CC1CN(C)CCC1Nc1ccc(F)cn1. The first-order valence-electron chi connectivity index (χ1n) is 5.72. The minimum Gasteiger partial charge on any atom is -0.367 e. The molecule has 0 aliphatic carbocycles. The Hall–Kier alpha value is -1.16. The van der Waals surface area contributed by atoms with Gasteiger partial charge in [0.15, 0.2) is 0 Å². The Morgan fingerprint density at radius 1 is 1.50 bits per heavy atom. The number of aromatic nitrogens is 1. The molecular weight excluding hydrogens is 205 g/mol. The summed E-state index contributed by atoms with van der Waals surface area (Å²) in [6.07, 6.45) is 2.36. The number of hydrogen-bond donors (Lipinski definition) is 1. The van der Waals surface area contributed by atoms with Crippen LogP contribution in [0.3, 0.4) is 0 Å². The monoisotopic (exact) mass is 223 g/mol. The third-order valence-corrected chi connectivity index (χ3v) is 3.17. The number of piperidine rings is 1. The predicted molar refractivity (Wildman–Crippen MR) is 62.9 cm³/mol. The molecule has 88 valence electrons. The van der Waals surface area contributed by atoms with Crippen LogP contribution in [0.2, 0.25) is 0 Å². The van der Waals surface area contributed by atoms with Crippen LogP contribution >= 0.6 is 0 Å². The molecule has 1 aliphatic heterocycles. The molecule has 2 atom stereocenters. The van der Waals surface area contributed by atoms with E-state index in [2.05, 4.69) is 29.2 Å². The molecule has 1 fully saturated rings. The Kier molecular flexibility index (Phi) is 3.39. The van der Waals surface area contributed by atoms with Crippen LogP contribution in [0.25, 0.3) is 0 Å². The number of likely N-dealkylation sites (tertiary alicyclic amines) is 1. The van der Waals surface area contributed by atoms with Crippen molar-refractivity contribution in [1.29, 1.82) is 0 Å². The molecule has 16 heavy (non-hydrogen) atoms. The van der Waals surface area contributed by atoms with Crippen molar-refractivity contribution in [3.63, 3.8) is 0 Å². The molecule has 2 rings (SSSR count). The zero-order chi connectivity index (χ0) is 11.5. The first-order chi connectivity index (χ1) is 7.65. The number of halogens is 1. The number of anilines is 1. The minimum atomic E-state index is -0.290. The number of rotatable bonds is 2. The maximum atomic E-state index is 12.7. The highest BCUT2D eigenvalue weighted by Crippen LogP contribution is 2.19. The van der Waals surface area contributed by atoms with Crippen LogP contribution in [-0.4, -0.2) is 36.1 Å². The minimum absolute atomic E-state index is 0.290. The van der Waals surface area contributed by atoms with Crippen molar-refractivity contribution in [2.24, 2.45) is 5.92 Å². The first kappa shape index (κ1) is 11.3. The lowest BCUT2D eigenvalue weighted by atomic mass is 9.94. The second kappa shape index (κ2) is 4.78. The van der Waals surface area contributed by atoms with E-state index >= 15 is 0 Å². The average molecular weight is 223 g/mol. The highest BCUT2D eigenvalue weighted by molar-refractivity contribution is 5.35. The van der Waals surface area contributed by atoms with Gasteiger partial charge in [0.25, 0.3) is 0 Å². The molecule has 1 saturated heterocycles. The van der Waals surface area contributed by atoms with Crippen molar-refractivity contribution in [1.82, 2.24) is 9.88 Å². The van der Waals surface area contributed by atoms with E-state index in [9.17, 15) is 4.39 Å². The second-order valence-corrected chi connectivity index (χ2v) is 4.64. The van der Waals surface area contributed by atoms with Gasteiger partial charge in [-0.25, -0.2) is 9.37 Å². The second-order valence-electron chi connectivity index (χ2n) is 4.64. The molecule has 0 saturated carbocycles. The van der Waals surface area contributed by atoms with Gasteiger partial charge in [-0.15, -0.1) is 0 Å². The summed E-state index contributed by atoms with van der Waals surface area (Å²) >= 11 is 0. The van der Waals surface area contributed by atoms with Gasteiger partial charge in [-0.1, -0.05) is 6.92 Å². The molecule has 1 aromatic rings. The first-order valence-corrected chi connectivity index (χ1v) is 5.72. The summed E-state index contributed by atoms with van der Waals surface area (Å²) in [7, 11) is 2.14. The van der Waals surface area contributed by atoms with Crippen molar-refractivity contribution in [3.05, 3.63) is 24.1 Å². The summed E-state index contributed by atoms with van der Waals surface area (Å²) in [5.41, 5.74) is 0. The van der Waals surface area contributed by atoms with E-state index in [1.807, 2.05) is 0 Å². The lowest BCUT2D eigenvalue weighted by Crippen LogP contribution is -2.43. The van der Waals surface area contributed by atoms with Gasteiger partial charge in [-0.2, -0.15) is 0 Å². The third kappa shape index (κ3) is 2.70. The van der Waals surface area contributed by atoms with E-state index in [1.54, 1.807) is 6.07 Å². The highest BCUT2D eigenvalue weighted by Gasteiger charge is 2.23. The Labute approximate surface area is 95.7 Å². The van der Waals surface area contributed by atoms with E-state index in [0.717, 1.165) is 25.3 Å². The molecule has 2 heterocycles. The van der Waals surface area contributed by atoms with Gasteiger partial charge in [-0.05, 0) is 38.1 Å². The molecule has 1 aliphatic rings. The summed E-state index contributed by atoms with van der Waals surface area (Å²) in [6, 6.07) is 3.57. The number of pyridine rings is 1. The van der Waals surface area contributed by atoms with Gasteiger partial charge in [0.1, 0.15) is 11.6 Å². The Bertz CT molecular complexity index is 339. The third-order valence-electron chi connectivity index (χ3n) is 3.17. The maximum absolute atomic E-state index is 12.7. The highest BCUT2D eigenvalue weighted by atomic mass is 19.1. The topological polar surface area (TPSA) is 28.2 Å². The molecule has 3 nitrogen and oxygen atoms in total. The van der Waals surface area contributed by atoms with Crippen LogP contribution in [0.1, 0.15) is 13.3 Å². The maximum Gasteiger partial charge on any atom is 0.141 e. The molecule has 4 heteroatoms. The zero-order valence-corrected chi connectivity index (χ0v) is 9.78. The van der Waals surface area contributed by atoms with Crippen LogP contribution in [0, 0.1) is 11.7 Å². The van der Waals surface area contributed by atoms with Gasteiger partial charge in [-0.3, -0.25) is 0 Å². The zero-order valence-electron chi connectivity index (χ0n) is 9.78. The molecule has 0 spiro atoms. The molecule has 0 aromatic carbocycles. The van der Waals surface area contributed by atoms with E-state index in [1.165, 1.54) is 12.3 Å². The van der Waals surface area contributed by atoms with E-state index < -0.39 is 0 Å². The van der Waals surface area contributed by atoms with Gasteiger partial charge in [0, 0.05) is 12.6 Å². The van der Waals surface area contributed by atoms with E-state index in [-0.39, 0.29) is 5.82 Å². The van der Waals surface area contributed by atoms with Crippen molar-refractivity contribution in [3.8, 4) is 0 Å². The van der Waals surface area contributed by atoms with Crippen LogP contribution in [0.15, 0.2) is 18.3 Å². The fourth-order valence-corrected chi connectivity index (χ4v) is 2.22. The average Bonchev–Trinajstić information content (AvgIpc) is 2.25. The van der Waals surface area contributed by atoms with E-state index in [0.29, 0.717) is 12.0 Å². The van der Waals surface area contributed by atoms with Crippen molar-refractivity contribution in [2.75, 3.05) is 25.5 Å². The van der Waals surface area contributed by atoms with Gasteiger partial charge >= 0.3 is 0 Å². The predicted octanol–water partition coefficient (Wildman–Crippen LogP) is 1.97. The van der Waals surface area contributed by atoms with Crippen LogP contribution < -0.4 is 5.32 Å². The molecule has 1 N–H and O–H groups in total. The number of nitrogens with zero attached hydrogens (tertiary/aromatic N) is 2. The van der Waals surface area contributed by atoms with Crippen molar-refractivity contribution in [2.45, 2.75) is 19.4 Å². The van der Waals surface area contributed by atoms with E-state index in [4.69, 9.17) is 0 Å². The fourth-order valence-electron chi connectivity index (χ4n) is 2.22. The molecular formula is C12H18FN3. The molecule has 0 radical (unpaired) electrons. The molecule has 1 aromatic heterocycles.